The summed E-state index contributed by atoms with van der Waals surface area (Å²) in [7, 11) is 0. The molecule has 17 heavy (non-hydrogen) atoms. The molecular formula is C10H9FN2O4. The van der Waals surface area contributed by atoms with Gasteiger partial charge in [-0.2, -0.15) is 0 Å². The van der Waals surface area contributed by atoms with Crippen molar-refractivity contribution in [3.05, 3.63) is 39.2 Å². The number of benzene rings is 1. The zero-order valence-corrected chi connectivity index (χ0v) is 8.64. The molecule has 2 N–H and O–H groups in total. The lowest BCUT2D eigenvalue weighted by molar-refractivity contribution is -0.385. The summed E-state index contributed by atoms with van der Waals surface area (Å²) in [6.07, 6.45) is -0.0126. The number of halogens is 1. The van der Waals surface area contributed by atoms with Crippen LogP contribution in [0.1, 0.15) is 11.1 Å². The number of aliphatic carboxylic acids is 1. The van der Waals surface area contributed by atoms with Gasteiger partial charge in [0.2, 0.25) is 0 Å². The van der Waals surface area contributed by atoms with Crippen molar-refractivity contribution >= 4 is 11.7 Å². The van der Waals surface area contributed by atoms with Crippen molar-refractivity contribution in [2.45, 2.75) is 19.0 Å². The Bertz CT molecular complexity index is 503. The minimum atomic E-state index is -1.07. The largest absolute Gasteiger partial charge is 0.480 e. The van der Waals surface area contributed by atoms with E-state index >= 15 is 0 Å². The van der Waals surface area contributed by atoms with Crippen molar-refractivity contribution in [1.82, 2.24) is 5.32 Å². The van der Waals surface area contributed by atoms with E-state index in [2.05, 4.69) is 5.32 Å². The number of fused-ring (bicyclic) bond motifs is 1. The second-order valence-corrected chi connectivity index (χ2v) is 3.80. The third-order valence-corrected chi connectivity index (χ3v) is 2.73. The fraction of sp³-hybridized carbons (Fsp3) is 0.300. The van der Waals surface area contributed by atoms with Gasteiger partial charge in [0.15, 0.2) is 0 Å². The Morgan fingerprint density at radius 3 is 2.88 bits per heavy atom. The van der Waals surface area contributed by atoms with E-state index in [0.717, 1.165) is 6.07 Å². The molecule has 1 aromatic rings. The van der Waals surface area contributed by atoms with Crippen LogP contribution in [0.15, 0.2) is 12.1 Å². The highest BCUT2D eigenvalue weighted by Crippen LogP contribution is 2.28. The number of rotatable bonds is 2. The molecule has 6 nitrogen and oxygen atoms in total. The molecule has 7 heteroatoms. The van der Waals surface area contributed by atoms with E-state index < -0.39 is 22.8 Å². The van der Waals surface area contributed by atoms with Crippen LogP contribution in [0.4, 0.5) is 10.1 Å². The van der Waals surface area contributed by atoms with Crippen molar-refractivity contribution in [2.24, 2.45) is 0 Å². The molecule has 0 spiro atoms. The topological polar surface area (TPSA) is 92.5 Å². The molecular weight excluding hydrogens is 231 g/mol. The van der Waals surface area contributed by atoms with Crippen molar-refractivity contribution in [3.63, 3.8) is 0 Å². The second-order valence-electron chi connectivity index (χ2n) is 3.80. The van der Waals surface area contributed by atoms with Gasteiger partial charge in [0.05, 0.1) is 11.0 Å². The standard InChI is InChI=1S/C10H9FN2O4/c11-6-1-5-4-12-8(10(14)15)3-7(5)9(2-6)13(16)17/h1-2,8,12H,3-4H2,(H,14,15). The lowest BCUT2D eigenvalue weighted by Crippen LogP contribution is -2.41. The summed E-state index contributed by atoms with van der Waals surface area (Å²) < 4.78 is 13.1. The summed E-state index contributed by atoms with van der Waals surface area (Å²) in [5.74, 6) is -1.76. The predicted octanol–water partition coefficient (Wildman–Crippen LogP) is 0.833. The van der Waals surface area contributed by atoms with E-state index in [1.165, 1.54) is 6.07 Å². The Kier molecular flexibility index (Phi) is 2.76. The van der Waals surface area contributed by atoms with Crippen LogP contribution >= 0.6 is 0 Å². The Hall–Kier alpha value is -2.02. The third kappa shape index (κ3) is 2.09. The van der Waals surface area contributed by atoms with Gasteiger partial charge in [-0.25, -0.2) is 4.39 Å². The summed E-state index contributed by atoms with van der Waals surface area (Å²) in [6, 6.07) is 1.14. The third-order valence-electron chi connectivity index (χ3n) is 2.73. The van der Waals surface area contributed by atoms with Gasteiger partial charge in [-0.15, -0.1) is 0 Å². The Labute approximate surface area is 95.2 Å². The summed E-state index contributed by atoms with van der Waals surface area (Å²) in [6.45, 7) is 0.116. The first kappa shape index (κ1) is 11.5. The van der Waals surface area contributed by atoms with E-state index in [0.29, 0.717) is 11.1 Å². The van der Waals surface area contributed by atoms with E-state index in [4.69, 9.17) is 5.11 Å². The van der Waals surface area contributed by atoms with Crippen LogP contribution in [0.5, 0.6) is 0 Å². The number of nitro groups is 1. The van der Waals surface area contributed by atoms with Crippen molar-refractivity contribution in [1.29, 1.82) is 0 Å². The first-order valence-corrected chi connectivity index (χ1v) is 4.91. The van der Waals surface area contributed by atoms with Crippen LogP contribution in [0.2, 0.25) is 0 Å². The lowest BCUT2D eigenvalue weighted by atomic mass is 9.94. The maximum absolute atomic E-state index is 13.1. The van der Waals surface area contributed by atoms with Crippen molar-refractivity contribution in [2.75, 3.05) is 0 Å². The quantitative estimate of drug-likeness (QED) is 0.590. The van der Waals surface area contributed by atoms with Crippen LogP contribution in [-0.2, 0) is 17.8 Å². The molecule has 1 unspecified atom stereocenters. The highest BCUT2D eigenvalue weighted by Gasteiger charge is 2.29. The second kappa shape index (κ2) is 4.10. The molecule has 1 aliphatic rings. The minimum Gasteiger partial charge on any atom is -0.480 e. The number of carboxylic acid groups (broad SMARTS) is 1. The summed E-state index contributed by atoms with van der Waals surface area (Å²) in [5.41, 5.74) is 0.379. The SMILES string of the molecule is O=C(O)C1Cc2c(cc(F)cc2[N+](=O)[O-])CN1. The van der Waals surface area contributed by atoms with Gasteiger partial charge in [0.1, 0.15) is 11.9 Å². The maximum atomic E-state index is 13.1. The van der Waals surface area contributed by atoms with Gasteiger partial charge in [0.25, 0.3) is 5.69 Å². The number of carbonyl (C=O) groups is 1. The fourth-order valence-corrected chi connectivity index (χ4v) is 1.92. The van der Waals surface area contributed by atoms with Crippen LogP contribution < -0.4 is 5.32 Å². The molecule has 0 bridgehead atoms. The van der Waals surface area contributed by atoms with E-state index in [1.807, 2.05) is 0 Å². The predicted molar refractivity (Wildman–Crippen MR) is 55.0 cm³/mol. The number of nitrogens with one attached hydrogen (secondary N) is 1. The average Bonchev–Trinajstić information content (AvgIpc) is 2.26. The first-order valence-electron chi connectivity index (χ1n) is 4.91. The molecule has 0 aromatic heterocycles. The number of hydrogen-bond acceptors (Lipinski definition) is 4. The van der Waals surface area contributed by atoms with Gasteiger partial charge < -0.3 is 5.11 Å². The zero-order chi connectivity index (χ0) is 12.6. The monoisotopic (exact) mass is 240 g/mol. The Balaban J connectivity index is 2.48. The molecule has 0 saturated carbocycles. The number of carboxylic acids is 1. The minimum absolute atomic E-state index is 0.0126. The lowest BCUT2D eigenvalue weighted by Gasteiger charge is -2.22. The maximum Gasteiger partial charge on any atom is 0.321 e. The number of hydrogen-bond donors (Lipinski definition) is 2. The molecule has 1 atom stereocenters. The molecule has 0 radical (unpaired) electrons. The molecule has 1 aromatic carbocycles. The average molecular weight is 240 g/mol. The molecule has 0 fully saturated rings. The summed E-state index contributed by atoms with van der Waals surface area (Å²) >= 11 is 0. The molecule has 90 valence electrons. The van der Waals surface area contributed by atoms with Crippen LogP contribution in [0.25, 0.3) is 0 Å². The molecule has 0 amide bonds. The van der Waals surface area contributed by atoms with E-state index in [9.17, 15) is 19.3 Å². The zero-order valence-electron chi connectivity index (χ0n) is 8.64. The molecule has 1 heterocycles. The van der Waals surface area contributed by atoms with Gasteiger partial charge in [0, 0.05) is 18.5 Å². The summed E-state index contributed by atoms with van der Waals surface area (Å²) in [4.78, 5) is 20.9. The normalized spacial score (nSPS) is 18.5. The van der Waals surface area contributed by atoms with Crippen LogP contribution in [0.3, 0.4) is 0 Å². The van der Waals surface area contributed by atoms with Gasteiger partial charge in [-0.1, -0.05) is 0 Å². The van der Waals surface area contributed by atoms with Crippen LogP contribution in [-0.4, -0.2) is 22.0 Å². The number of nitrogens with zero attached hydrogens (tertiary/aromatic N) is 1. The highest BCUT2D eigenvalue weighted by molar-refractivity contribution is 5.75. The van der Waals surface area contributed by atoms with E-state index in [1.54, 1.807) is 0 Å². The molecule has 1 aliphatic heterocycles. The Morgan fingerprint density at radius 1 is 1.59 bits per heavy atom. The van der Waals surface area contributed by atoms with Crippen LogP contribution in [0, 0.1) is 15.9 Å². The Morgan fingerprint density at radius 2 is 2.29 bits per heavy atom. The highest BCUT2D eigenvalue weighted by atomic mass is 19.1. The van der Waals surface area contributed by atoms with E-state index in [-0.39, 0.29) is 18.7 Å². The van der Waals surface area contributed by atoms with Gasteiger partial charge >= 0.3 is 5.97 Å². The molecule has 0 saturated heterocycles. The van der Waals surface area contributed by atoms with Crippen molar-refractivity contribution in [3.8, 4) is 0 Å². The summed E-state index contributed by atoms with van der Waals surface area (Å²) in [5, 5.41) is 22.3. The molecule has 0 aliphatic carbocycles. The van der Waals surface area contributed by atoms with Crippen molar-refractivity contribution < 1.29 is 19.2 Å². The number of nitro benzene ring substituents is 1. The fourth-order valence-electron chi connectivity index (χ4n) is 1.92. The smallest absolute Gasteiger partial charge is 0.321 e. The van der Waals surface area contributed by atoms with Gasteiger partial charge in [-0.3, -0.25) is 20.2 Å². The van der Waals surface area contributed by atoms with Gasteiger partial charge in [-0.05, 0) is 11.6 Å². The first-order chi connectivity index (χ1) is 7.99. The molecule has 2 rings (SSSR count).